The van der Waals surface area contributed by atoms with Crippen molar-refractivity contribution in [1.82, 2.24) is 0 Å². The van der Waals surface area contributed by atoms with E-state index in [2.05, 4.69) is 163 Å². The summed E-state index contributed by atoms with van der Waals surface area (Å²) in [6.45, 7) is 0. The van der Waals surface area contributed by atoms with E-state index in [9.17, 15) is 0 Å². The Kier molecular flexibility index (Phi) is 5.25. The molecule has 0 aliphatic heterocycles. The van der Waals surface area contributed by atoms with Gasteiger partial charge in [-0.25, -0.2) is 0 Å². The minimum absolute atomic E-state index is 0.166. The molecule has 0 spiro atoms. The monoisotopic (exact) mass is 611 g/mol. The summed E-state index contributed by atoms with van der Waals surface area (Å²) in [6, 6.07) is 53.1. The average molecular weight is 612 g/mol. The lowest BCUT2D eigenvalue weighted by Crippen LogP contribution is -2.21. The van der Waals surface area contributed by atoms with Crippen LogP contribution in [-0.4, -0.2) is 0 Å². The average Bonchev–Trinajstić information content (AvgIpc) is 3.47. The molecule has 0 N–H and O–H groups in total. The molecule has 8 aromatic rings. The molecule has 3 aliphatic rings. The highest BCUT2D eigenvalue weighted by molar-refractivity contribution is 6.07. The largest absolute Gasteiger partial charge is 0.456 e. The normalized spacial score (nSPS) is 16.8. The topological polar surface area (TPSA) is 16.4 Å². The van der Waals surface area contributed by atoms with Crippen LogP contribution in [0.4, 0.5) is 11.4 Å². The van der Waals surface area contributed by atoms with Crippen LogP contribution in [0.2, 0.25) is 0 Å². The van der Waals surface area contributed by atoms with Crippen LogP contribution in [0.15, 0.2) is 174 Å². The second kappa shape index (κ2) is 9.70. The van der Waals surface area contributed by atoms with Crippen molar-refractivity contribution in [2.24, 2.45) is 0 Å². The minimum Gasteiger partial charge on any atom is -0.456 e. The summed E-state index contributed by atoms with van der Waals surface area (Å²) in [5.41, 5.74) is 16.2. The Hall–Kier alpha value is -6.12. The maximum absolute atomic E-state index is 6.27. The predicted octanol–water partition coefficient (Wildman–Crippen LogP) is 12.5. The third-order valence-electron chi connectivity index (χ3n) is 10.8. The van der Waals surface area contributed by atoms with Crippen LogP contribution in [0.3, 0.4) is 0 Å². The van der Waals surface area contributed by atoms with E-state index in [0.29, 0.717) is 0 Å². The zero-order valence-electron chi connectivity index (χ0n) is 26.1. The van der Waals surface area contributed by atoms with Gasteiger partial charge in [0.25, 0.3) is 0 Å². The molecule has 2 atom stereocenters. The summed E-state index contributed by atoms with van der Waals surface area (Å²) in [7, 11) is 0. The third-order valence-corrected chi connectivity index (χ3v) is 10.8. The van der Waals surface area contributed by atoms with Gasteiger partial charge in [0, 0.05) is 39.4 Å². The molecule has 6 bridgehead atoms. The molecule has 0 amide bonds. The van der Waals surface area contributed by atoms with Crippen molar-refractivity contribution >= 4 is 44.1 Å². The number of furan rings is 1. The number of nitrogens with zero attached hydrogens (tertiary/aromatic N) is 1. The maximum atomic E-state index is 6.27. The Morgan fingerprint density at radius 3 is 2.12 bits per heavy atom. The summed E-state index contributed by atoms with van der Waals surface area (Å²) in [6.07, 6.45) is 7.37. The summed E-state index contributed by atoms with van der Waals surface area (Å²) in [5.74, 6) is 0.397. The van der Waals surface area contributed by atoms with Crippen molar-refractivity contribution < 1.29 is 4.42 Å². The lowest BCUT2D eigenvalue weighted by Gasteiger charge is -2.35. The molecule has 2 heteroatoms. The molecule has 7 aromatic carbocycles. The van der Waals surface area contributed by atoms with E-state index in [1.54, 1.807) is 0 Å². The van der Waals surface area contributed by atoms with Crippen LogP contribution in [0.5, 0.6) is 0 Å². The van der Waals surface area contributed by atoms with Gasteiger partial charge in [0.05, 0.1) is 5.69 Å². The van der Waals surface area contributed by atoms with Gasteiger partial charge in [0.15, 0.2) is 0 Å². The zero-order valence-corrected chi connectivity index (χ0v) is 26.1. The standard InChI is InChI=1S/C46H29NO/c1-2-12-31-28(10-1)11-7-20-42(31)47(30-23-25-44-40(26-30)34-14-5-6-21-43(34)48-44)29-22-24-33-37-17-9-18-38-39-19-8-16-36(46(39)41(33)27-29)32-13-3-4-15-35(32)45(37)38/h1-27,33,41H. The molecule has 0 radical (unpaired) electrons. The number of hydrogen-bond donors (Lipinski definition) is 0. The molecule has 2 unspecified atom stereocenters. The molecule has 1 aromatic heterocycles. The molecule has 2 nitrogen and oxygen atoms in total. The van der Waals surface area contributed by atoms with Crippen molar-refractivity contribution in [3.63, 3.8) is 0 Å². The smallest absolute Gasteiger partial charge is 0.135 e. The van der Waals surface area contributed by atoms with Crippen LogP contribution in [-0.2, 0) is 0 Å². The molecular formula is C46H29NO. The Morgan fingerprint density at radius 1 is 0.500 bits per heavy atom. The number of rotatable bonds is 3. The molecule has 224 valence electrons. The second-order valence-corrected chi connectivity index (χ2v) is 13.2. The summed E-state index contributed by atoms with van der Waals surface area (Å²) in [5, 5.41) is 4.71. The molecule has 3 aliphatic carbocycles. The number of anilines is 2. The van der Waals surface area contributed by atoms with E-state index in [0.717, 1.165) is 33.3 Å². The highest BCUT2D eigenvalue weighted by atomic mass is 16.3. The highest BCUT2D eigenvalue weighted by Gasteiger charge is 2.38. The van der Waals surface area contributed by atoms with Crippen molar-refractivity contribution in [1.29, 1.82) is 0 Å². The molecule has 11 rings (SSSR count). The van der Waals surface area contributed by atoms with Gasteiger partial charge < -0.3 is 9.32 Å². The summed E-state index contributed by atoms with van der Waals surface area (Å²) < 4.78 is 6.27. The van der Waals surface area contributed by atoms with Crippen LogP contribution < -0.4 is 4.90 Å². The maximum Gasteiger partial charge on any atom is 0.135 e. The minimum atomic E-state index is 0.166. The van der Waals surface area contributed by atoms with Crippen molar-refractivity contribution in [3.05, 3.63) is 181 Å². The van der Waals surface area contributed by atoms with E-state index in [-0.39, 0.29) is 11.8 Å². The van der Waals surface area contributed by atoms with E-state index in [4.69, 9.17) is 4.42 Å². The highest BCUT2D eigenvalue weighted by Crippen LogP contribution is 2.58. The fourth-order valence-corrected chi connectivity index (χ4v) is 8.76. The van der Waals surface area contributed by atoms with Crippen LogP contribution in [0.1, 0.15) is 23.0 Å². The van der Waals surface area contributed by atoms with Gasteiger partial charge in [-0.15, -0.1) is 0 Å². The molecule has 0 saturated carbocycles. The molecule has 48 heavy (non-hydrogen) atoms. The number of para-hydroxylation sites is 1. The van der Waals surface area contributed by atoms with Crippen LogP contribution in [0, 0.1) is 0 Å². The van der Waals surface area contributed by atoms with Crippen LogP contribution in [0.25, 0.3) is 66.1 Å². The number of fused-ring (bicyclic) bond motifs is 8. The molecule has 0 fully saturated rings. The van der Waals surface area contributed by atoms with Crippen LogP contribution >= 0.6 is 0 Å². The number of benzene rings is 7. The molecular weight excluding hydrogens is 583 g/mol. The lowest BCUT2D eigenvalue weighted by molar-refractivity contribution is 0.669. The number of allylic oxidation sites excluding steroid dienone is 3. The van der Waals surface area contributed by atoms with Gasteiger partial charge in [-0.05, 0) is 86.3 Å². The first-order valence-electron chi connectivity index (χ1n) is 16.8. The van der Waals surface area contributed by atoms with Gasteiger partial charge in [0.1, 0.15) is 11.2 Å². The molecule has 0 saturated heterocycles. The Bertz CT molecular complexity index is 2690. The first-order chi connectivity index (χ1) is 23.8. The third kappa shape index (κ3) is 3.52. The van der Waals surface area contributed by atoms with Crippen molar-refractivity contribution in [2.75, 3.05) is 4.90 Å². The Balaban J connectivity index is 1.19. The van der Waals surface area contributed by atoms with Gasteiger partial charge in [-0.2, -0.15) is 0 Å². The van der Waals surface area contributed by atoms with E-state index < -0.39 is 0 Å². The summed E-state index contributed by atoms with van der Waals surface area (Å²) in [4.78, 5) is 2.46. The fraction of sp³-hybridized carbons (Fsp3) is 0.0435. The summed E-state index contributed by atoms with van der Waals surface area (Å²) >= 11 is 0. The SMILES string of the molecule is C1=CC2c3cccc4c3-c3ccccc3-c3cccc-4c3C2C=C1N(c1ccc2oc3ccccc3c2c1)c1cccc2ccccc12. The zero-order chi connectivity index (χ0) is 31.3. The second-order valence-electron chi connectivity index (χ2n) is 13.2. The van der Waals surface area contributed by atoms with Gasteiger partial charge in [0.2, 0.25) is 0 Å². The van der Waals surface area contributed by atoms with E-state index in [1.165, 1.54) is 61.0 Å². The van der Waals surface area contributed by atoms with Gasteiger partial charge >= 0.3 is 0 Å². The molecule has 1 heterocycles. The van der Waals surface area contributed by atoms with Crippen molar-refractivity contribution in [3.8, 4) is 33.4 Å². The van der Waals surface area contributed by atoms with Gasteiger partial charge in [-0.1, -0.05) is 127 Å². The van der Waals surface area contributed by atoms with Gasteiger partial charge in [-0.3, -0.25) is 0 Å². The number of hydrogen-bond acceptors (Lipinski definition) is 2. The first-order valence-corrected chi connectivity index (χ1v) is 16.8. The predicted molar refractivity (Wildman–Crippen MR) is 199 cm³/mol. The first kappa shape index (κ1) is 26.0. The lowest BCUT2D eigenvalue weighted by atomic mass is 9.73. The Morgan fingerprint density at radius 2 is 1.19 bits per heavy atom. The quantitative estimate of drug-likeness (QED) is 0.198. The Labute approximate surface area is 278 Å². The van der Waals surface area contributed by atoms with E-state index in [1.807, 2.05) is 6.07 Å². The van der Waals surface area contributed by atoms with Crippen molar-refractivity contribution in [2.45, 2.75) is 11.8 Å². The fourth-order valence-electron chi connectivity index (χ4n) is 8.76. The van der Waals surface area contributed by atoms with E-state index >= 15 is 0 Å².